The Morgan fingerprint density at radius 2 is 2.21 bits per heavy atom. The van der Waals surface area contributed by atoms with E-state index in [0.29, 0.717) is 6.61 Å². The molecule has 0 aliphatic rings. The van der Waals surface area contributed by atoms with Crippen molar-refractivity contribution in [1.29, 1.82) is 0 Å². The molecule has 0 aliphatic carbocycles. The van der Waals surface area contributed by atoms with Gasteiger partial charge in [-0.05, 0) is 20.3 Å². The Kier molecular flexibility index (Phi) is 5.49. The number of ether oxygens (including phenoxy) is 1. The first-order valence-corrected chi connectivity index (χ1v) is 4.71. The van der Waals surface area contributed by atoms with Crippen molar-refractivity contribution in [1.82, 2.24) is 5.32 Å². The Morgan fingerprint density at radius 1 is 1.64 bits per heavy atom. The lowest BCUT2D eigenvalue weighted by molar-refractivity contribution is 0.125. The zero-order valence-corrected chi connectivity index (χ0v) is 9.37. The first kappa shape index (κ1) is 13.2. The summed E-state index contributed by atoms with van der Waals surface area (Å²) in [7, 11) is 1.65. The maximum Gasteiger partial charge on any atom is 0.156 e. The molecule has 14 heavy (non-hydrogen) atoms. The van der Waals surface area contributed by atoms with Gasteiger partial charge in [-0.15, -0.1) is 0 Å². The minimum absolute atomic E-state index is 0.120. The van der Waals surface area contributed by atoms with Crippen LogP contribution in [0.25, 0.3) is 0 Å². The number of oxime groups is 1. The van der Waals surface area contributed by atoms with Crippen molar-refractivity contribution in [3.8, 4) is 0 Å². The molecule has 0 saturated heterocycles. The molecule has 0 amide bonds. The van der Waals surface area contributed by atoms with Gasteiger partial charge in [0, 0.05) is 12.6 Å². The molecule has 0 saturated carbocycles. The van der Waals surface area contributed by atoms with E-state index in [2.05, 4.69) is 10.5 Å². The van der Waals surface area contributed by atoms with Gasteiger partial charge in [-0.25, -0.2) is 0 Å². The van der Waals surface area contributed by atoms with Gasteiger partial charge >= 0.3 is 0 Å². The van der Waals surface area contributed by atoms with E-state index in [1.165, 1.54) is 0 Å². The highest BCUT2D eigenvalue weighted by Gasteiger charge is 2.23. The molecule has 1 atom stereocenters. The van der Waals surface area contributed by atoms with Crippen LogP contribution in [-0.4, -0.2) is 36.3 Å². The Hall–Kier alpha value is -0.810. The second kappa shape index (κ2) is 5.82. The Labute approximate surface area is 85.3 Å². The van der Waals surface area contributed by atoms with Gasteiger partial charge in [0.2, 0.25) is 0 Å². The fraction of sp³-hybridized carbons (Fsp3) is 0.889. The SMILES string of the molecule is CCC(NC(C)(C)COC)C(N)=NO. The number of hydrogen-bond donors (Lipinski definition) is 3. The predicted molar refractivity (Wildman–Crippen MR) is 56.6 cm³/mol. The van der Waals surface area contributed by atoms with E-state index >= 15 is 0 Å². The number of methoxy groups -OCH3 is 1. The highest BCUT2D eigenvalue weighted by molar-refractivity contribution is 5.85. The Morgan fingerprint density at radius 3 is 2.57 bits per heavy atom. The molecule has 1 unspecified atom stereocenters. The van der Waals surface area contributed by atoms with E-state index in [9.17, 15) is 0 Å². The van der Waals surface area contributed by atoms with Gasteiger partial charge in [0.15, 0.2) is 5.84 Å². The summed E-state index contributed by atoms with van der Waals surface area (Å²) in [5, 5.41) is 14.8. The maximum absolute atomic E-state index is 8.55. The molecule has 0 fully saturated rings. The summed E-state index contributed by atoms with van der Waals surface area (Å²) in [4.78, 5) is 0. The molecule has 5 heteroatoms. The van der Waals surface area contributed by atoms with Gasteiger partial charge in [-0.3, -0.25) is 5.32 Å². The molecule has 0 bridgehead atoms. The van der Waals surface area contributed by atoms with Gasteiger partial charge in [-0.2, -0.15) is 0 Å². The first-order chi connectivity index (χ1) is 6.46. The summed E-state index contributed by atoms with van der Waals surface area (Å²) in [5.41, 5.74) is 5.34. The lowest BCUT2D eigenvalue weighted by atomic mass is 10.0. The molecule has 0 radical (unpaired) electrons. The van der Waals surface area contributed by atoms with Crippen LogP contribution in [0.1, 0.15) is 27.2 Å². The molecule has 0 aliphatic heterocycles. The van der Waals surface area contributed by atoms with Crippen molar-refractivity contribution < 1.29 is 9.94 Å². The van der Waals surface area contributed by atoms with Crippen molar-refractivity contribution in [2.45, 2.75) is 38.8 Å². The van der Waals surface area contributed by atoms with E-state index < -0.39 is 0 Å². The third-order valence-corrected chi connectivity index (χ3v) is 1.95. The molecule has 0 aromatic rings. The zero-order valence-electron chi connectivity index (χ0n) is 9.37. The molecule has 0 aromatic carbocycles. The van der Waals surface area contributed by atoms with Crippen molar-refractivity contribution >= 4 is 5.84 Å². The van der Waals surface area contributed by atoms with Gasteiger partial charge in [0.25, 0.3) is 0 Å². The van der Waals surface area contributed by atoms with Crippen LogP contribution in [0.2, 0.25) is 0 Å². The second-order valence-corrected chi connectivity index (χ2v) is 3.95. The summed E-state index contributed by atoms with van der Waals surface area (Å²) in [6.45, 7) is 6.55. The summed E-state index contributed by atoms with van der Waals surface area (Å²) in [6.07, 6.45) is 0.767. The van der Waals surface area contributed by atoms with Crippen molar-refractivity contribution in [2.24, 2.45) is 10.9 Å². The average molecular weight is 203 g/mol. The molecule has 0 aromatic heterocycles. The molecule has 0 heterocycles. The molecule has 0 rings (SSSR count). The maximum atomic E-state index is 8.55. The lowest BCUT2D eigenvalue weighted by Gasteiger charge is -2.30. The molecular weight excluding hydrogens is 182 g/mol. The van der Waals surface area contributed by atoms with Crippen molar-refractivity contribution in [3.63, 3.8) is 0 Å². The summed E-state index contributed by atoms with van der Waals surface area (Å²) >= 11 is 0. The van der Waals surface area contributed by atoms with Crippen molar-refractivity contribution in [2.75, 3.05) is 13.7 Å². The molecular formula is C9H21N3O2. The summed E-state index contributed by atoms with van der Waals surface area (Å²) in [6, 6.07) is -0.120. The topological polar surface area (TPSA) is 79.9 Å². The minimum atomic E-state index is -0.190. The van der Waals surface area contributed by atoms with Crippen LogP contribution in [0, 0.1) is 0 Å². The average Bonchev–Trinajstić information content (AvgIpc) is 2.13. The number of nitrogens with zero attached hydrogens (tertiary/aromatic N) is 1. The third kappa shape index (κ3) is 4.43. The highest BCUT2D eigenvalue weighted by Crippen LogP contribution is 2.06. The van der Waals surface area contributed by atoms with Gasteiger partial charge in [-0.1, -0.05) is 12.1 Å². The van der Waals surface area contributed by atoms with E-state index in [1.807, 2.05) is 20.8 Å². The number of nitrogens with one attached hydrogen (secondary N) is 1. The van der Waals surface area contributed by atoms with E-state index in [1.54, 1.807) is 7.11 Å². The van der Waals surface area contributed by atoms with Crippen molar-refractivity contribution in [3.05, 3.63) is 0 Å². The third-order valence-electron chi connectivity index (χ3n) is 1.95. The van der Waals surface area contributed by atoms with Crippen LogP contribution < -0.4 is 11.1 Å². The quantitative estimate of drug-likeness (QED) is 0.254. The number of hydrogen-bond acceptors (Lipinski definition) is 4. The Bertz CT molecular complexity index is 192. The van der Waals surface area contributed by atoms with E-state index in [4.69, 9.17) is 15.7 Å². The standard InChI is InChI=1S/C9H21N3O2/c1-5-7(8(10)12-13)11-9(2,3)6-14-4/h7,11,13H,5-6H2,1-4H3,(H2,10,12). The highest BCUT2D eigenvalue weighted by atomic mass is 16.5. The summed E-state index contributed by atoms with van der Waals surface area (Å²) < 4.78 is 5.06. The second-order valence-electron chi connectivity index (χ2n) is 3.95. The van der Waals surface area contributed by atoms with E-state index in [-0.39, 0.29) is 17.4 Å². The molecule has 84 valence electrons. The van der Waals surface area contributed by atoms with Crippen LogP contribution in [0.15, 0.2) is 5.16 Å². The zero-order chi connectivity index (χ0) is 11.2. The smallest absolute Gasteiger partial charge is 0.156 e. The van der Waals surface area contributed by atoms with Crippen LogP contribution in [-0.2, 0) is 4.74 Å². The number of rotatable bonds is 6. The molecule has 5 nitrogen and oxygen atoms in total. The van der Waals surface area contributed by atoms with Crippen LogP contribution in [0.4, 0.5) is 0 Å². The first-order valence-electron chi connectivity index (χ1n) is 4.71. The summed E-state index contributed by atoms with van der Waals surface area (Å²) in [5.74, 6) is 0.205. The van der Waals surface area contributed by atoms with Gasteiger partial charge < -0.3 is 15.7 Å². The molecule has 0 spiro atoms. The fourth-order valence-electron chi connectivity index (χ4n) is 1.33. The Balaban J connectivity index is 4.30. The monoisotopic (exact) mass is 203 g/mol. The van der Waals surface area contributed by atoms with Gasteiger partial charge in [0.1, 0.15) is 0 Å². The predicted octanol–water partition coefficient (Wildman–Crippen LogP) is 0.526. The van der Waals surface area contributed by atoms with E-state index in [0.717, 1.165) is 6.42 Å². The van der Waals surface area contributed by atoms with Gasteiger partial charge in [0.05, 0.1) is 12.6 Å². The lowest BCUT2D eigenvalue weighted by Crippen LogP contribution is -2.53. The largest absolute Gasteiger partial charge is 0.409 e. The molecule has 4 N–H and O–H groups in total. The number of amidine groups is 1. The van der Waals surface area contributed by atoms with Crippen LogP contribution in [0.3, 0.4) is 0 Å². The minimum Gasteiger partial charge on any atom is -0.409 e. The normalized spacial score (nSPS) is 15.6. The van der Waals surface area contributed by atoms with Crippen LogP contribution in [0.5, 0.6) is 0 Å². The number of nitrogens with two attached hydrogens (primary N) is 1. The van der Waals surface area contributed by atoms with Crippen LogP contribution >= 0.6 is 0 Å². The fourth-order valence-corrected chi connectivity index (χ4v) is 1.33.